The van der Waals surface area contributed by atoms with E-state index in [1.807, 2.05) is 0 Å². The fourth-order valence-electron chi connectivity index (χ4n) is 1.46. The Bertz CT molecular complexity index is 379. The van der Waals surface area contributed by atoms with E-state index >= 15 is 0 Å². The molecule has 0 aliphatic heterocycles. The van der Waals surface area contributed by atoms with E-state index in [1.54, 1.807) is 6.07 Å². The van der Waals surface area contributed by atoms with Crippen molar-refractivity contribution in [2.75, 3.05) is 6.54 Å². The smallest absolute Gasteiger partial charge is 0.313 e. The zero-order valence-electron chi connectivity index (χ0n) is 9.66. The first kappa shape index (κ1) is 15.2. The first-order chi connectivity index (χ1) is 8.38. The van der Waals surface area contributed by atoms with Crippen LogP contribution in [0.2, 0.25) is 5.02 Å². The lowest BCUT2D eigenvalue weighted by atomic mass is 10.2. The number of benzene rings is 1. The molecule has 18 heavy (non-hydrogen) atoms. The molecule has 1 aromatic rings. The topological polar surface area (TPSA) is 12.0 Å². The quantitative estimate of drug-likeness (QED) is 0.606. The molecule has 0 spiro atoms. The third kappa shape index (κ3) is 6.21. The van der Waals surface area contributed by atoms with Gasteiger partial charge in [-0.2, -0.15) is 13.2 Å². The van der Waals surface area contributed by atoms with Crippen molar-refractivity contribution in [3.8, 4) is 0 Å². The van der Waals surface area contributed by atoms with E-state index in [4.69, 9.17) is 11.6 Å². The molecule has 1 rings (SSSR count). The predicted octanol–water partition coefficient (Wildman–Crippen LogP) is 4.30. The summed E-state index contributed by atoms with van der Waals surface area (Å²) in [5, 5.41) is 3.29. The Hall–Kier alpha value is -0.810. The summed E-state index contributed by atoms with van der Waals surface area (Å²) in [6.45, 7) is 0.898. The minimum Gasteiger partial charge on any atom is -0.313 e. The summed E-state index contributed by atoms with van der Waals surface area (Å²) in [5.41, 5.74) is 0.730. The summed E-state index contributed by atoms with van der Waals surface area (Å²) in [5.74, 6) is -0.408. The number of alkyl halides is 3. The van der Waals surface area contributed by atoms with Gasteiger partial charge in [-0.15, -0.1) is 0 Å². The fraction of sp³-hybridized carbons (Fsp3) is 0.500. The Morgan fingerprint density at radius 3 is 2.50 bits per heavy atom. The monoisotopic (exact) mass is 283 g/mol. The summed E-state index contributed by atoms with van der Waals surface area (Å²) >= 11 is 5.80. The lowest BCUT2D eigenvalue weighted by Crippen LogP contribution is -2.16. The van der Waals surface area contributed by atoms with E-state index < -0.39 is 18.4 Å². The lowest BCUT2D eigenvalue weighted by molar-refractivity contribution is -0.135. The van der Waals surface area contributed by atoms with E-state index in [0.717, 1.165) is 5.56 Å². The highest BCUT2D eigenvalue weighted by molar-refractivity contribution is 6.31. The van der Waals surface area contributed by atoms with Gasteiger partial charge in [-0.25, -0.2) is 4.39 Å². The molecule has 0 bridgehead atoms. The van der Waals surface area contributed by atoms with Crippen molar-refractivity contribution in [1.29, 1.82) is 0 Å². The average molecular weight is 284 g/mol. The van der Waals surface area contributed by atoms with Crippen molar-refractivity contribution in [2.24, 2.45) is 0 Å². The van der Waals surface area contributed by atoms with Crippen LogP contribution in [0.25, 0.3) is 0 Å². The van der Waals surface area contributed by atoms with Crippen LogP contribution >= 0.6 is 11.6 Å². The number of halogens is 5. The van der Waals surface area contributed by atoms with E-state index in [0.29, 0.717) is 24.5 Å². The zero-order chi connectivity index (χ0) is 13.6. The van der Waals surface area contributed by atoms with Crippen LogP contribution in [0, 0.1) is 5.82 Å². The van der Waals surface area contributed by atoms with E-state index in [2.05, 4.69) is 5.32 Å². The molecule has 0 unspecified atom stereocenters. The minimum atomic E-state index is -4.08. The van der Waals surface area contributed by atoms with Gasteiger partial charge in [0.05, 0.1) is 0 Å². The minimum absolute atomic E-state index is 0.105. The zero-order valence-corrected chi connectivity index (χ0v) is 10.4. The Morgan fingerprint density at radius 2 is 1.89 bits per heavy atom. The van der Waals surface area contributed by atoms with Gasteiger partial charge >= 0.3 is 6.18 Å². The molecule has 0 amide bonds. The molecule has 102 valence electrons. The van der Waals surface area contributed by atoms with Crippen molar-refractivity contribution >= 4 is 11.6 Å². The van der Waals surface area contributed by atoms with Gasteiger partial charge in [0.25, 0.3) is 0 Å². The highest BCUT2D eigenvalue weighted by Gasteiger charge is 2.25. The highest BCUT2D eigenvalue weighted by atomic mass is 35.5. The normalized spacial score (nSPS) is 11.8. The Labute approximate surface area is 108 Å². The van der Waals surface area contributed by atoms with E-state index in [1.165, 1.54) is 12.1 Å². The Morgan fingerprint density at radius 1 is 1.17 bits per heavy atom. The van der Waals surface area contributed by atoms with Crippen molar-refractivity contribution in [2.45, 2.75) is 32.0 Å². The molecule has 0 radical (unpaired) electrons. The number of hydrogen-bond donors (Lipinski definition) is 1. The highest BCUT2D eigenvalue weighted by Crippen LogP contribution is 2.22. The molecule has 0 heterocycles. The summed E-state index contributed by atoms with van der Waals surface area (Å²) < 4.78 is 48.3. The number of unbranched alkanes of at least 4 members (excludes halogenated alkanes) is 1. The summed E-state index contributed by atoms with van der Waals surface area (Å²) in [7, 11) is 0. The summed E-state index contributed by atoms with van der Waals surface area (Å²) in [4.78, 5) is 0. The maximum absolute atomic E-state index is 12.7. The first-order valence-corrected chi connectivity index (χ1v) is 5.98. The third-order valence-electron chi connectivity index (χ3n) is 2.39. The van der Waals surface area contributed by atoms with Gasteiger partial charge in [-0.3, -0.25) is 0 Å². The van der Waals surface area contributed by atoms with Crippen molar-refractivity contribution in [3.63, 3.8) is 0 Å². The van der Waals surface area contributed by atoms with Gasteiger partial charge in [0, 0.05) is 18.0 Å². The summed E-state index contributed by atoms with van der Waals surface area (Å²) in [6.07, 6.45) is -4.29. The van der Waals surface area contributed by atoms with E-state index in [-0.39, 0.29) is 6.42 Å². The molecule has 1 nitrogen and oxygen atoms in total. The maximum Gasteiger partial charge on any atom is 0.389 e. The Balaban J connectivity index is 2.18. The van der Waals surface area contributed by atoms with Crippen molar-refractivity contribution in [3.05, 3.63) is 34.6 Å². The van der Waals surface area contributed by atoms with Gasteiger partial charge in [0.2, 0.25) is 0 Å². The fourth-order valence-corrected chi connectivity index (χ4v) is 1.70. The van der Waals surface area contributed by atoms with Crippen molar-refractivity contribution in [1.82, 2.24) is 5.32 Å². The van der Waals surface area contributed by atoms with Crippen LogP contribution < -0.4 is 5.32 Å². The molecule has 0 aromatic heterocycles. The van der Waals surface area contributed by atoms with Crippen molar-refractivity contribution < 1.29 is 17.6 Å². The Kier molecular flexibility index (Phi) is 5.88. The van der Waals surface area contributed by atoms with Gasteiger partial charge in [-0.1, -0.05) is 17.7 Å². The second-order valence-electron chi connectivity index (χ2n) is 3.98. The molecule has 1 N–H and O–H groups in total. The molecule has 0 atom stereocenters. The van der Waals surface area contributed by atoms with Crippen LogP contribution in [0.5, 0.6) is 0 Å². The second kappa shape index (κ2) is 6.95. The lowest BCUT2D eigenvalue weighted by Gasteiger charge is -2.08. The maximum atomic E-state index is 12.7. The molecule has 0 aliphatic carbocycles. The summed E-state index contributed by atoms with van der Waals surface area (Å²) in [6, 6.07) is 4.06. The van der Waals surface area contributed by atoms with Gasteiger partial charge in [-0.05, 0) is 37.1 Å². The molecule has 0 fully saturated rings. The second-order valence-corrected chi connectivity index (χ2v) is 4.39. The van der Waals surface area contributed by atoms with Crippen LogP contribution in [-0.4, -0.2) is 12.7 Å². The molecule has 0 aliphatic rings. The first-order valence-electron chi connectivity index (χ1n) is 5.60. The van der Waals surface area contributed by atoms with Gasteiger partial charge < -0.3 is 5.32 Å². The van der Waals surface area contributed by atoms with Crippen LogP contribution in [0.4, 0.5) is 17.6 Å². The molecule has 1 aromatic carbocycles. The molecule has 6 heteroatoms. The third-order valence-corrected chi connectivity index (χ3v) is 2.75. The van der Waals surface area contributed by atoms with Crippen LogP contribution in [0.15, 0.2) is 18.2 Å². The van der Waals surface area contributed by atoms with Gasteiger partial charge in [0.1, 0.15) is 5.82 Å². The predicted molar refractivity (Wildman–Crippen MR) is 63.0 cm³/mol. The van der Waals surface area contributed by atoms with E-state index in [9.17, 15) is 17.6 Å². The molecular weight excluding hydrogens is 270 g/mol. The number of rotatable bonds is 6. The standard InChI is InChI=1S/C12H14ClF4N/c13-11-7-10(14)4-3-9(11)8-18-6-2-1-5-12(15,16)17/h3-4,7,18H,1-2,5-6,8H2. The van der Waals surface area contributed by atoms with Crippen LogP contribution in [0.1, 0.15) is 24.8 Å². The van der Waals surface area contributed by atoms with Gasteiger partial charge in [0.15, 0.2) is 0 Å². The van der Waals surface area contributed by atoms with Crippen LogP contribution in [-0.2, 0) is 6.54 Å². The van der Waals surface area contributed by atoms with Crippen LogP contribution in [0.3, 0.4) is 0 Å². The average Bonchev–Trinajstić information content (AvgIpc) is 2.24. The molecular formula is C12H14ClF4N. The number of nitrogens with one attached hydrogen (secondary N) is 1. The molecule has 0 saturated heterocycles. The molecule has 0 saturated carbocycles. The number of hydrogen-bond acceptors (Lipinski definition) is 1. The largest absolute Gasteiger partial charge is 0.389 e. The SMILES string of the molecule is Fc1ccc(CNCCCCC(F)(F)F)c(Cl)c1.